The second-order valence-corrected chi connectivity index (χ2v) is 10.5. The van der Waals surface area contributed by atoms with Gasteiger partial charge in [-0.15, -0.1) is 0 Å². The molecule has 0 aromatic heterocycles. The molecule has 3 rings (SSSR count). The maximum Gasteiger partial charge on any atom is 0.306 e. The number of carbonyl (C=O) groups is 3. The Morgan fingerprint density at radius 3 is 1.73 bits per heavy atom. The molecule has 0 aliphatic heterocycles. The SMILES string of the molecule is CC(OCCC(C)(C)OC(=O)CCC(=O)O)C(=O)NCCNC(c1ccccc1)(c1ccccc1)c1ccccc1. The van der Waals surface area contributed by atoms with E-state index in [1.54, 1.807) is 20.8 Å². The lowest BCUT2D eigenvalue weighted by Gasteiger charge is -2.37. The summed E-state index contributed by atoms with van der Waals surface area (Å²) in [5, 5.41) is 15.4. The molecule has 1 amide bonds. The van der Waals surface area contributed by atoms with E-state index in [0.717, 1.165) is 16.7 Å². The number of esters is 1. The van der Waals surface area contributed by atoms with E-state index in [1.165, 1.54) is 0 Å². The molecule has 8 heteroatoms. The summed E-state index contributed by atoms with van der Waals surface area (Å²) in [7, 11) is 0. The number of benzene rings is 3. The molecule has 0 aliphatic rings. The Bertz CT molecular complexity index is 1150. The van der Waals surface area contributed by atoms with Gasteiger partial charge in [-0.2, -0.15) is 0 Å². The Labute approximate surface area is 242 Å². The smallest absolute Gasteiger partial charge is 0.306 e. The fourth-order valence-corrected chi connectivity index (χ4v) is 4.63. The zero-order chi connectivity index (χ0) is 29.7. The molecule has 0 saturated heterocycles. The van der Waals surface area contributed by atoms with Gasteiger partial charge in [0.05, 0.1) is 25.0 Å². The van der Waals surface area contributed by atoms with Crippen LogP contribution < -0.4 is 10.6 Å². The van der Waals surface area contributed by atoms with E-state index in [0.29, 0.717) is 19.5 Å². The summed E-state index contributed by atoms with van der Waals surface area (Å²) in [6.45, 7) is 6.21. The van der Waals surface area contributed by atoms with Gasteiger partial charge < -0.3 is 19.9 Å². The Hall–Kier alpha value is -4.01. The molecule has 218 valence electrons. The maximum atomic E-state index is 12.8. The molecule has 0 aliphatic carbocycles. The molecule has 1 unspecified atom stereocenters. The minimum atomic E-state index is -1.05. The first kappa shape index (κ1) is 31.5. The molecule has 0 saturated carbocycles. The molecule has 3 aromatic rings. The largest absolute Gasteiger partial charge is 0.481 e. The van der Waals surface area contributed by atoms with Crippen LogP contribution in [-0.2, 0) is 29.4 Å². The third-order valence-electron chi connectivity index (χ3n) is 6.81. The molecule has 41 heavy (non-hydrogen) atoms. The second-order valence-electron chi connectivity index (χ2n) is 10.5. The van der Waals surface area contributed by atoms with Crippen LogP contribution >= 0.6 is 0 Å². The minimum absolute atomic E-state index is 0.188. The van der Waals surface area contributed by atoms with Crippen LogP contribution in [0.15, 0.2) is 91.0 Å². The van der Waals surface area contributed by atoms with Gasteiger partial charge in [0.25, 0.3) is 0 Å². The number of carboxylic acid groups (broad SMARTS) is 1. The van der Waals surface area contributed by atoms with E-state index >= 15 is 0 Å². The van der Waals surface area contributed by atoms with Crippen molar-refractivity contribution in [1.29, 1.82) is 0 Å². The second kappa shape index (κ2) is 15.1. The summed E-state index contributed by atoms with van der Waals surface area (Å²) in [4.78, 5) is 35.3. The first-order valence-electron chi connectivity index (χ1n) is 13.9. The molecule has 0 spiro atoms. The minimum Gasteiger partial charge on any atom is -0.481 e. The number of nitrogens with one attached hydrogen (secondary N) is 2. The lowest BCUT2D eigenvalue weighted by molar-refractivity contribution is -0.160. The van der Waals surface area contributed by atoms with Crippen molar-refractivity contribution in [1.82, 2.24) is 10.6 Å². The number of ether oxygens (including phenoxy) is 2. The van der Waals surface area contributed by atoms with E-state index < -0.39 is 29.2 Å². The summed E-state index contributed by atoms with van der Waals surface area (Å²) >= 11 is 0. The average Bonchev–Trinajstić information content (AvgIpc) is 2.97. The van der Waals surface area contributed by atoms with Gasteiger partial charge in [0.2, 0.25) is 5.91 Å². The topological polar surface area (TPSA) is 114 Å². The van der Waals surface area contributed by atoms with Gasteiger partial charge in [-0.3, -0.25) is 19.7 Å². The normalized spacial score (nSPS) is 12.4. The summed E-state index contributed by atoms with van der Waals surface area (Å²) in [6.07, 6.45) is -0.804. The van der Waals surface area contributed by atoms with Crippen molar-refractivity contribution in [2.45, 2.75) is 57.3 Å². The van der Waals surface area contributed by atoms with Gasteiger partial charge in [-0.05, 0) is 37.5 Å². The number of rotatable bonds is 16. The molecular formula is C33H40N2O6. The van der Waals surface area contributed by atoms with Crippen molar-refractivity contribution in [2.24, 2.45) is 0 Å². The van der Waals surface area contributed by atoms with Gasteiger partial charge in [0, 0.05) is 19.5 Å². The fourth-order valence-electron chi connectivity index (χ4n) is 4.63. The Morgan fingerprint density at radius 1 is 0.780 bits per heavy atom. The van der Waals surface area contributed by atoms with Crippen molar-refractivity contribution in [2.75, 3.05) is 19.7 Å². The lowest BCUT2D eigenvalue weighted by atomic mass is 9.77. The van der Waals surface area contributed by atoms with Crippen LogP contribution in [0.1, 0.15) is 56.7 Å². The van der Waals surface area contributed by atoms with E-state index in [1.807, 2.05) is 54.6 Å². The van der Waals surface area contributed by atoms with E-state index in [-0.39, 0.29) is 25.4 Å². The van der Waals surface area contributed by atoms with Gasteiger partial charge in [-0.1, -0.05) is 91.0 Å². The van der Waals surface area contributed by atoms with E-state index in [4.69, 9.17) is 14.6 Å². The Balaban J connectivity index is 1.58. The molecule has 3 aromatic carbocycles. The van der Waals surface area contributed by atoms with Crippen molar-refractivity contribution < 1.29 is 29.0 Å². The van der Waals surface area contributed by atoms with Gasteiger partial charge in [-0.25, -0.2) is 0 Å². The lowest BCUT2D eigenvalue weighted by Crippen LogP contribution is -2.48. The zero-order valence-corrected chi connectivity index (χ0v) is 24.0. The van der Waals surface area contributed by atoms with Gasteiger partial charge >= 0.3 is 11.9 Å². The first-order chi connectivity index (χ1) is 19.6. The van der Waals surface area contributed by atoms with Crippen LogP contribution in [0.2, 0.25) is 0 Å². The highest BCUT2D eigenvalue weighted by molar-refractivity contribution is 5.80. The number of amides is 1. The van der Waals surface area contributed by atoms with Crippen molar-refractivity contribution in [3.63, 3.8) is 0 Å². The fraction of sp³-hybridized carbons (Fsp3) is 0.364. The number of hydrogen-bond donors (Lipinski definition) is 3. The van der Waals surface area contributed by atoms with Crippen LogP contribution in [-0.4, -0.2) is 54.4 Å². The number of hydrogen-bond acceptors (Lipinski definition) is 6. The number of carboxylic acids is 1. The summed E-state index contributed by atoms with van der Waals surface area (Å²) in [6, 6.07) is 30.8. The molecule has 0 radical (unpaired) electrons. The quantitative estimate of drug-likeness (QED) is 0.133. The molecule has 1 atom stereocenters. The summed E-state index contributed by atoms with van der Waals surface area (Å²) in [5.41, 5.74) is 1.81. The predicted molar refractivity (Wildman–Crippen MR) is 157 cm³/mol. The maximum absolute atomic E-state index is 12.8. The Morgan fingerprint density at radius 2 is 1.27 bits per heavy atom. The first-order valence-corrected chi connectivity index (χ1v) is 13.9. The molecule has 0 heterocycles. The molecule has 0 bridgehead atoms. The van der Waals surface area contributed by atoms with Crippen LogP contribution in [0, 0.1) is 0 Å². The molecule has 3 N–H and O–H groups in total. The van der Waals surface area contributed by atoms with Crippen LogP contribution in [0.5, 0.6) is 0 Å². The molecule has 8 nitrogen and oxygen atoms in total. The van der Waals surface area contributed by atoms with Gasteiger partial charge in [0.15, 0.2) is 0 Å². The highest BCUT2D eigenvalue weighted by Crippen LogP contribution is 2.36. The van der Waals surface area contributed by atoms with Crippen LogP contribution in [0.4, 0.5) is 0 Å². The number of aliphatic carboxylic acids is 1. The standard InChI is InChI=1S/C33H40N2O6/c1-25(40-24-21-32(2,3)41-30(38)20-19-29(36)37)31(39)34-22-23-35-33(26-13-7-4-8-14-26,27-15-9-5-10-16-27)28-17-11-6-12-18-28/h4-18,25,35H,19-24H2,1-3H3,(H,34,39)(H,36,37). The average molecular weight is 561 g/mol. The predicted octanol–water partition coefficient (Wildman–Crippen LogP) is 4.67. The zero-order valence-electron chi connectivity index (χ0n) is 24.0. The monoisotopic (exact) mass is 560 g/mol. The summed E-state index contributed by atoms with van der Waals surface area (Å²) < 4.78 is 11.1. The van der Waals surface area contributed by atoms with Crippen LogP contribution in [0.25, 0.3) is 0 Å². The van der Waals surface area contributed by atoms with Crippen LogP contribution in [0.3, 0.4) is 0 Å². The summed E-state index contributed by atoms with van der Waals surface area (Å²) in [5.74, 6) is -1.87. The van der Waals surface area contributed by atoms with Gasteiger partial charge in [0.1, 0.15) is 11.7 Å². The third kappa shape index (κ3) is 9.27. The molecular weight excluding hydrogens is 520 g/mol. The molecule has 0 fully saturated rings. The van der Waals surface area contributed by atoms with Crippen molar-refractivity contribution in [3.05, 3.63) is 108 Å². The van der Waals surface area contributed by atoms with Crippen molar-refractivity contribution in [3.8, 4) is 0 Å². The Kier molecular flexibility index (Phi) is 11.6. The van der Waals surface area contributed by atoms with Crippen molar-refractivity contribution >= 4 is 17.8 Å². The third-order valence-corrected chi connectivity index (χ3v) is 6.81. The highest BCUT2D eigenvalue weighted by Gasteiger charge is 2.35. The van der Waals surface area contributed by atoms with E-state index in [9.17, 15) is 14.4 Å². The highest BCUT2D eigenvalue weighted by atomic mass is 16.6. The van der Waals surface area contributed by atoms with E-state index in [2.05, 4.69) is 47.0 Å². The number of carbonyl (C=O) groups excluding carboxylic acids is 2.